The highest BCUT2D eigenvalue weighted by atomic mass is 31.2. The van der Waals surface area contributed by atoms with E-state index in [-0.39, 0.29) is 25.4 Å². The van der Waals surface area contributed by atoms with Crippen molar-refractivity contribution < 1.29 is 38.8 Å². The van der Waals surface area contributed by atoms with E-state index < -0.39 is 38.9 Å². The van der Waals surface area contributed by atoms with Gasteiger partial charge in [0.15, 0.2) is 17.5 Å². The number of amides is 1. The molecule has 1 aliphatic heterocycles. The van der Waals surface area contributed by atoms with E-state index in [9.17, 15) is 19.6 Å². The second kappa shape index (κ2) is 24.4. The molecule has 0 saturated heterocycles. The first kappa shape index (κ1) is 42.5. The van der Waals surface area contributed by atoms with E-state index in [4.69, 9.17) is 24.3 Å². The summed E-state index contributed by atoms with van der Waals surface area (Å²) in [6.45, 7) is 7.10. The second-order valence-electron chi connectivity index (χ2n) is 13.2. The van der Waals surface area contributed by atoms with Crippen molar-refractivity contribution in [3.63, 3.8) is 0 Å². The number of ether oxygens (including phenoxy) is 2. The van der Waals surface area contributed by atoms with Crippen molar-refractivity contribution in [3.05, 3.63) is 16.7 Å². The SMILES string of the molecule is CCCCCCCCCCCCCCCCCCOCCN(CC(O)CO)C1N=c2c(nc(=C(C)C)n2CCOCP(=O)(O)O)C(=O)N1. The molecule has 0 radical (unpaired) electrons. The molecule has 0 saturated carbocycles. The summed E-state index contributed by atoms with van der Waals surface area (Å²) in [6.07, 6.45) is 18.4. The summed E-state index contributed by atoms with van der Waals surface area (Å²) in [5.74, 6) is -0.431. The average molecular weight is 702 g/mol. The molecule has 1 aliphatic rings. The molecule has 2 atom stereocenters. The predicted octanol–water partition coefficient (Wildman–Crippen LogP) is 3.81. The minimum absolute atomic E-state index is 0.0177. The molecule has 5 N–H and O–H groups in total. The minimum Gasteiger partial charge on any atom is -0.394 e. The van der Waals surface area contributed by atoms with Crippen LogP contribution in [0.25, 0.3) is 5.57 Å². The van der Waals surface area contributed by atoms with Crippen molar-refractivity contribution in [2.75, 3.05) is 45.9 Å². The van der Waals surface area contributed by atoms with E-state index in [1.165, 1.54) is 89.9 Å². The zero-order valence-corrected chi connectivity index (χ0v) is 30.7. The summed E-state index contributed by atoms with van der Waals surface area (Å²) in [7, 11) is -4.31. The fraction of sp³-hybridized carbons (Fsp3) is 0.853. The number of carbonyl (C=O) groups is 1. The smallest absolute Gasteiger partial charge is 0.350 e. The van der Waals surface area contributed by atoms with Gasteiger partial charge in [-0.15, -0.1) is 0 Å². The lowest BCUT2D eigenvalue weighted by atomic mass is 10.0. The zero-order chi connectivity index (χ0) is 35.2. The normalized spacial score (nSPS) is 15.4. The van der Waals surface area contributed by atoms with Gasteiger partial charge < -0.3 is 39.4 Å². The van der Waals surface area contributed by atoms with Gasteiger partial charge in [-0.3, -0.25) is 14.3 Å². The maximum Gasteiger partial charge on any atom is 0.350 e. The number of nitrogens with one attached hydrogen (secondary N) is 1. The largest absolute Gasteiger partial charge is 0.394 e. The number of aromatic nitrogens is 2. The Morgan fingerprint density at radius 1 is 0.896 bits per heavy atom. The van der Waals surface area contributed by atoms with Crippen LogP contribution in [0.5, 0.6) is 0 Å². The van der Waals surface area contributed by atoms with E-state index in [0.29, 0.717) is 30.7 Å². The number of aliphatic hydroxyl groups excluding tert-OH is 2. The van der Waals surface area contributed by atoms with Gasteiger partial charge in [-0.25, -0.2) is 9.98 Å². The quantitative estimate of drug-likeness (QED) is 0.0610. The van der Waals surface area contributed by atoms with Gasteiger partial charge in [-0.1, -0.05) is 103 Å². The molecule has 278 valence electrons. The Balaban J connectivity index is 1.76. The van der Waals surface area contributed by atoms with E-state index in [0.717, 1.165) is 18.4 Å². The van der Waals surface area contributed by atoms with Crippen LogP contribution in [0.3, 0.4) is 0 Å². The molecule has 0 aromatic carbocycles. The Hall–Kier alpha value is -1.70. The van der Waals surface area contributed by atoms with Crippen LogP contribution in [-0.2, 0) is 20.6 Å². The molecular weight excluding hydrogens is 637 g/mol. The van der Waals surface area contributed by atoms with E-state index in [1.807, 2.05) is 13.8 Å². The molecule has 1 amide bonds. The number of nitrogens with zero attached hydrogens (tertiary/aromatic N) is 4. The summed E-state index contributed by atoms with van der Waals surface area (Å²) < 4.78 is 23.9. The molecule has 2 unspecified atom stereocenters. The third-order valence-electron chi connectivity index (χ3n) is 8.49. The Morgan fingerprint density at radius 3 is 1.98 bits per heavy atom. The number of aliphatic hydroxyl groups is 2. The first-order valence-corrected chi connectivity index (χ1v) is 20.0. The molecule has 2 heterocycles. The Labute approximate surface area is 287 Å². The number of imidazole rings is 1. The van der Waals surface area contributed by atoms with Gasteiger partial charge in [0, 0.05) is 26.2 Å². The van der Waals surface area contributed by atoms with Gasteiger partial charge in [0.05, 0.1) is 25.9 Å². The van der Waals surface area contributed by atoms with Crippen molar-refractivity contribution in [2.45, 2.75) is 142 Å². The maximum atomic E-state index is 13.1. The van der Waals surface area contributed by atoms with Gasteiger partial charge in [-0.2, -0.15) is 0 Å². The zero-order valence-electron chi connectivity index (χ0n) is 29.8. The molecule has 0 spiro atoms. The van der Waals surface area contributed by atoms with E-state index in [1.54, 1.807) is 9.47 Å². The molecule has 0 bridgehead atoms. The fourth-order valence-corrected chi connectivity index (χ4v) is 6.21. The highest BCUT2D eigenvalue weighted by molar-refractivity contribution is 7.51. The van der Waals surface area contributed by atoms with Crippen molar-refractivity contribution in [2.24, 2.45) is 4.99 Å². The average Bonchev–Trinajstić information content (AvgIpc) is 3.42. The Kier molecular flexibility index (Phi) is 21.6. The van der Waals surface area contributed by atoms with Crippen LogP contribution >= 0.6 is 7.60 Å². The molecular formula is C34H64N5O8P. The van der Waals surface area contributed by atoms with E-state index >= 15 is 0 Å². The molecule has 0 fully saturated rings. The Morgan fingerprint density at radius 2 is 1.46 bits per heavy atom. The lowest BCUT2D eigenvalue weighted by molar-refractivity contribution is 0.0190. The van der Waals surface area contributed by atoms with Crippen molar-refractivity contribution in [1.82, 2.24) is 19.8 Å². The number of hydrogen-bond acceptors (Lipinski definition) is 9. The highest BCUT2D eigenvalue weighted by Crippen LogP contribution is 2.33. The second-order valence-corrected chi connectivity index (χ2v) is 14.8. The van der Waals surface area contributed by atoms with Crippen LogP contribution in [0, 0.1) is 0 Å². The Bertz CT molecular complexity index is 1200. The third-order valence-corrected chi connectivity index (χ3v) is 9.01. The predicted molar refractivity (Wildman–Crippen MR) is 187 cm³/mol. The summed E-state index contributed by atoms with van der Waals surface area (Å²) in [6, 6.07) is 0. The van der Waals surface area contributed by atoms with Crippen molar-refractivity contribution in [1.29, 1.82) is 0 Å². The summed E-state index contributed by atoms with van der Waals surface area (Å²) in [4.78, 5) is 42.2. The summed E-state index contributed by atoms with van der Waals surface area (Å²) in [5.41, 5.74) is 1.80. The highest BCUT2D eigenvalue weighted by Gasteiger charge is 2.30. The standard InChI is InChI=1S/C34H64N5O8P/c1-4-5-6-7-8-9-10-11-12-13-14-15-16-17-18-19-22-46-23-20-38(25-29(41)26-40)34-36-32-30(33(42)37-34)35-31(28(2)3)39(32)21-24-47-27-48(43,44)45/h29,34,40-41H,4-27H2,1-3H3,(H,37,42)(H2,43,44,45). The number of unbranched alkanes of at least 4 members (excludes halogenated alkanes) is 15. The van der Waals surface area contributed by atoms with Crippen molar-refractivity contribution in [3.8, 4) is 0 Å². The first-order chi connectivity index (χ1) is 23.1. The molecule has 0 aliphatic carbocycles. The molecule has 2 rings (SSSR count). The van der Waals surface area contributed by atoms with Gasteiger partial charge >= 0.3 is 7.60 Å². The van der Waals surface area contributed by atoms with Crippen LogP contribution in [0.1, 0.15) is 134 Å². The van der Waals surface area contributed by atoms with Crippen LogP contribution < -0.4 is 16.3 Å². The van der Waals surface area contributed by atoms with Gasteiger partial charge in [0.1, 0.15) is 11.8 Å². The number of hydrogen-bond donors (Lipinski definition) is 5. The van der Waals surface area contributed by atoms with Crippen LogP contribution in [0.4, 0.5) is 0 Å². The monoisotopic (exact) mass is 701 g/mol. The molecule has 1 aromatic heterocycles. The first-order valence-electron chi connectivity index (χ1n) is 18.2. The molecule has 14 heteroatoms. The molecule has 1 aromatic rings. The summed E-state index contributed by atoms with van der Waals surface area (Å²) in [5, 5.41) is 22.6. The number of fused-ring (bicyclic) bond motifs is 1. The third kappa shape index (κ3) is 17.3. The molecule has 13 nitrogen and oxygen atoms in total. The van der Waals surface area contributed by atoms with Gasteiger partial charge in [0.2, 0.25) is 0 Å². The maximum absolute atomic E-state index is 13.1. The van der Waals surface area contributed by atoms with Crippen LogP contribution in [0.2, 0.25) is 0 Å². The summed E-state index contributed by atoms with van der Waals surface area (Å²) >= 11 is 0. The number of carbonyl (C=O) groups excluding carboxylic acids is 1. The lowest BCUT2D eigenvalue weighted by Gasteiger charge is -2.31. The fourth-order valence-electron chi connectivity index (χ4n) is 5.84. The van der Waals surface area contributed by atoms with Gasteiger partial charge in [-0.05, 0) is 25.8 Å². The van der Waals surface area contributed by atoms with Crippen molar-refractivity contribution >= 4 is 19.1 Å². The van der Waals surface area contributed by atoms with E-state index in [2.05, 4.69) is 17.2 Å². The molecule has 48 heavy (non-hydrogen) atoms. The minimum atomic E-state index is -4.31. The van der Waals surface area contributed by atoms with Crippen LogP contribution in [-0.4, -0.2) is 98.6 Å². The lowest BCUT2D eigenvalue weighted by Crippen LogP contribution is -2.55. The topological polar surface area (TPSA) is 179 Å². The van der Waals surface area contributed by atoms with Gasteiger partial charge in [0.25, 0.3) is 5.91 Å². The van der Waals surface area contributed by atoms with Crippen LogP contribution in [0.15, 0.2) is 4.99 Å². The number of rotatable bonds is 29.